The van der Waals surface area contributed by atoms with Gasteiger partial charge in [0.25, 0.3) is 5.91 Å². The molecule has 8 nitrogen and oxygen atoms in total. The van der Waals surface area contributed by atoms with Crippen molar-refractivity contribution in [3.05, 3.63) is 45.8 Å². The molecule has 1 aliphatic carbocycles. The number of urea groups is 1. The highest BCUT2D eigenvalue weighted by molar-refractivity contribution is 7.16. The third kappa shape index (κ3) is 4.08. The molecule has 1 atom stereocenters. The zero-order chi connectivity index (χ0) is 22.8. The molecule has 1 aromatic heterocycles. The SMILES string of the molecule is CCOC(=O)c1c(N=C[C@@H]2C(=O)NC(=O)N(c3cccc(C)c3)C2=O)sc2c1CCCC2. The van der Waals surface area contributed by atoms with Gasteiger partial charge >= 0.3 is 12.0 Å². The zero-order valence-electron chi connectivity index (χ0n) is 17.8. The Morgan fingerprint density at radius 3 is 2.81 bits per heavy atom. The van der Waals surface area contributed by atoms with Gasteiger partial charge in [0.05, 0.1) is 17.9 Å². The largest absolute Gasteiger partial charge is 0.462 e. The van der Waals surface area contributed by atoms with Gasteiger partial charge in [-0.1, -0.05) is 12.1 Å². The number of amides is 4. The van der Waals surface area contributed by atoms with E-state index in [-0.39, 0.29) is 6.61 Å². The summed E-state index contributed by atoms with van der Waals surface area (Å²) in [4.78, 5) is 56.9. The van der Waals surface area contributed by atoms with Gasteiger partial charge in [-0.15, -0.1) is 11.3 Å². The van der Waals surface area contributed by atoms with Crippen molar-refractivity contribution in [3.8, 4) is 0 Å². The molecule has 2 aromatic rings. The lowest BCUT2D eigenvalue weighted by Crippen LogP contribution is -2.58. The van der Waals surface area contributed by atoms with Crippen LogP contribution in [0.15, 0.2) is 29.3 Å². The lowest BCUT2D eigenvalue weighted by molar-refractivity contribution is -0.131. The van der Waals surface area contributed by atoms with Gasteiger partial charge in [-0.3, -0.25) is 14.9 Å². The summed E-state index contributed by atoms with van der Waals surface area (Å²) >= 11 is 1.38. The van der Waals surface area contributed by atoms with Crippen molar-refractivity contribution < 1.29 is 23.9 Å². The predicted octanol–water partition coefficient (Wildman–Crippen LogP) is 3.71. The van der Waals surface area contributed by atoms with Gasteiger partial charge in [0.2, 0.25) is 5.91 Å². The van der Waals surface area contributed by atoms with Crippen LogP contribution >= 0.6 is 11.3 Å². The van der Waals surface area contributed by atoms with Crippen LogP contribution in [0.3, 0.4) is 0 Å². The number of aryl methyl sites for hydroxylation is 2. The Bertz CT molecular complexity index is 1140. The van der Waals surface area contributed by atoms with E-state index in [2.05, 4.69) is 10.3 Å². The van der Waals surface area contributed by atoms with Crippen molar-refractivity contribution in [1.29, 1.82) is 0 Å². The van der Waals surface area contributed by atoms with Crippen molar-refractivity contribution in [3.63, 3.8) is 0 Å². The van der Waals surface area contributed by atoms with Gasteiger partial charge in [0, 0.05) is 11.1 Å². The number of hydrogen-bond acceptors (Lipinski definition) is 7. The maximum absolute atomic E-state index is 13.1. The van der Waals surface area contributed by atoms with Crippen LogP contribution in [0.5, 0.6) is 0 Å². The molecule has 1 fully saturated rings. The number of esters is 1. The zero-order valence-corrected chi connectivity index (χ0v) is 18.7. The first-order valence-electron chi connectivity index (χ1n) is 10.5. The second kappa shape index (κ2) is 9.04. The molecule has 0 bridgehead atoms. The number of imide groups is 2. The van der Waals surface area contributed by atoms with Gasteiger partial charge in [-0.2, -0.15) is 0 Å². The molecule has 4 amide bonds. The number of hydrogen-bond donors (Lipinski definition) is 1. The highest BCUT2D eigenvalue weighted by Crippen LogP contribution is 2.40. The number of fused-ring (bicyclic) bond motifs is 1. The van der Waals surface area contributed by atoms with E-state index in [1.54, 1.807) is 25.1 Å². The minimum atomic E-state index is -1.29. The number of rotatable bonds is 5. The van der Waals surface area contributed by atoms with E-state index in [4.69, 9.17) is 4.74 Å². The maximum Gasteiger partial charge on any atom is 0.341 e. The average Bonchev–Trinajstić information content (AvgIpc) is 3.12. The molecule has 166 valence electrons. The van der Waals surface area contributed by atoms with Gasteiger partial charge < -0.3 is 4.74 Å². The highest BCUT2D eigenvalue weighted by atomic mass is 32.1. The molecular weight excluding hydrogens is 430 g/mol. The third-order valence-electron chi connectivity index (χ3n) is 5.44. The summed E-state index contributed by atoms with van der Waals surface area (Å²) in [7, 11) is 0. The van der Waals surface area contributed by atoms with E-state index in [1.807, 2.05) is 13.0 Å². The number of nitrogens with zero attached hydrogens (tertiary/aromatic N) is 2. The standard InChI is InChI=1S/C23H23N3O5S/c1-3-31-22(29)18-15-9-4-5-10-17(15)32-20(18)24-12-16-19(27)25-23(30)26(21(16)28)14-8-6-7-13(2)11-14/h6-8,11-12,16H,3-5,9-10H2,1-2H3,(H,25,27,30)/t16-/m1/s1. The first-order chi connectivity index (χ1) is 15.4. The Morgan fingerprint density at radius 2 is 2.06 bits per heavy atom. The Kier molecular flexibility index (Phi) is 6.18. The number of nitrogens with one attached hydrogen (secondary N) is 1. The van der Waals surface area contributed by atoms with Crippen LogP contribution < -0.4 is 10.2 Å². The monoisotopic (exact) mass is 453 g/mol. The summed E-state index contributed by atoms with van der Waals surface area (Å²) < 4.78 is 5.22. The first kappa shape index (κ1) is 21.9. The molecule has 1 saturated heterocycles. The van der Waals surface area contributed by atoms with E-state index in [0.717, 1.165) is 46.6 Å². The Balaban J connectivity index is 1.67. The number of ether oxygens (including phenoxy) is 1. The molecular formula is C23H23N3O5S. The van der Waals surface area contributed by atoms with E-state index in [1.165, 1.54) is 17.6 Å². The quantitative estimate of drug-likeness (QED) is 0.422. The molecule has 0 unspecified atom stereocenters. The fraction of sp³-hybridized carbons (Fsp3) is 0.348. The van der Waals surface area contributed by atoms with Crippen LogP contribution in [0.25, 0.3) is 0 Å². The summed E-state index contributed by atoms with van der Waals surface area (Å²) in [5.74, 6) is -3.17. The van der Waals surface area contributed by atoms with E-state index in [0.29, 0.717) is 16.3 Å². The van der Waals surface area contributed by atoms with Gasteiger partial charge in [-0.25, -0.2) is 19.5 Å². The number of carbonyl (C=O) groups is 4. The predicted molar refractivity (Wildman–Crippen MR) is 121 cm³/mol. The van der Waals surface area contributed by atoms with Gasteiger partial charge in [-0.05, 0) is 62.8 Å². The first-order valence-corrected chi connectivity index (χ1v) is 11.3. The van der Waals surface area contributed by atoms with Crippen molar-refractivity contribution in [2.45, 2.75) is 39.5 Å². The number of carbonyl (C=O) groups excluding carboxylic acids is 4. The van der Waals surface area contributed by atoms with Gasteiger partial charge in [0.15, 0.2) is 5.92 Å². The summed E-state index contributed by atoms with van der Waals surface area (Å²) in [5, 5.41) is 2.64. The maximum atomic E-state index is 13.1. The number of aliphatic imine (C=N–C) groups is 1. The number of benzene rings is 1. The number of thiophene rings is 1. The van der Waals surface area contributed by atoms with Crippen molar-refractivity contribution in [2.75, 3.05) is 11.5 Å². The molecule has 0 saturated carbocycles. The van der Waals surface area contributed by atoms with Crippen LogP contribution in [0.2, 0.25) is 0 Å². The Morgan fingerprint density at radius 1 is 1.28 bits per heavy atom. The minimum Gasteiger partial charge on any atom is -0.462 e. The highest BCUT2D eigenvalue weighted by Gasteiger charge is 2.40. The van der Waals surface area contributed by atoms with Crippen LogP contribution in [0.4, 0.5) is 15.5 Å². The van der Waals surface area contributed by atoms with Crippen LogP contribution in [-0.4, -0.2) is 36.6 Å². The molecule has 1 N–H and O–H groups in total. The normalized spacial score (nSPS) is 18.6. The molecule has 32 heavy (non-hydrogen) atoms. The smallest absolute Gasteiger partial charge is 0.341 e. The van der Waals surface area contributed by atoms with Crippen molar-refractivity contribution in [2.24, 2.45) is 10.9 Å². The van der Waals surface area contributed by atoms with Crippen LogP contribution in [0, 0.1) is 12.8 Å². The minimum absolute atomic E-state index is 0.240. The third-order valence-corrected chi connectivity index (χ3v) is 6.63. The average molecular weight is 454 g/mol. The van der Waals surface area contributed by atoms with Crippen LogP contribution in [0.1, 0.15) is 46.1 Å². The second-order valence-electron chi connectivity index (χ2n) is 7.67. The topological polar surface area (TPSA) is 105 Å². The fourth-order valence-electron chi connectivity index (χ4n) is 3.93. The van der Waals surface area contributed by atoms with Crippen molar-refractivity contribution in [1.82, 2.24) is 5.32 Å². The molecule has 4 rings (SSSR count). The lowest BCUT2D eigenvalue weighted by atomic mass is 9.95. The molecule has 9 heteroatoms. The molecule has 2 heterocycles. The van der Waals surface area contributed by atoms with Crippen LogP contribution in [-0.2, 0) is 27.2 Å². The van der Waals surface area contributed by atoms with Gasteiger partial charge in [0.1, 0.15) is 5.00 Å². The summed E-state index contributed by atoms with van der Waals surface area (Å²) in [5.41, 5.74) is 2.60. The number of anilines is 1. The Hall–Kier alpha value is -3.33. The summed E-state index contributed by atoms with van der Waals surface area (Å²) in [6.45, 7) is 3.82. The van der Waals surface area contributed by atoms with E-state index in [9.17, 15) is 19.2 Å². The Labute approximate surface area is 189 Å². The van der Waals surface area contributed by atoms with Crippen molar-refractivity contribution >= 4 is 52.1 Å². The molecule has 0 spiro atoms. The number of barbiturate groups is 1. The summed E-state index contributed by atoms with van der Waals surface area (Å²) in [6.07, 6.45) is 4.87. The second-order valence-corrected chi connectivity index (χ2v) is 8.76. The van der Waals surface area contributed by atoms with E-state index < -0.39 is 29.7 Å². The fourth-order valence-corrected chi connectivity index (χ4v) is 5.16. The molecule has 0 radical (unpaired) electrons. The van der Waals surface area contributed by atoms with E-state index >= 15 is 0 Å². The molecule has 2 aliphatic rings. The molecule has 1 aliphatic heterocycles. The lowest BCUT2D eigenvalue weighted by Gasteiger charge is -2.28. The molecule has 1 aromatic carbocycles. The summed E-state index contributed by atoms with van der Waals surface area (Å²) in [6, 6.07) is 6.09.